The fourth-order valence-electron chi connectivity index (χ4n) is 4.24. The maximum atomic E-state index is 13.0. The van der Waals surface area contributed by atoms with Gasteiger partial charge in [0.25, 0.3) is 5.91 Å². The number of pyridine rings is 1. The standard InChI is InChI=1S/C25H17Cl5N4O2/c1-34-5-4-12-8-17(11-31-22(12)34)33-23(35)18-10-16(2-3-19(18)28)32-24(36)21-20(25(21,29)30)13-6-14(26)9-15(27)7-13/h2-11,20-21H,1H3,(H,32,36)(H,33,35). The number of halogens is 5. The molecular formula is C25H17Cl5N4O2. The first-order valence-electron chi connectivity index (χ1n) is 10.7. The zero-order valence-corrected chi connectivity index (χ0v) is 22.3. The van der Waals surface area contributed by atoms with Crippen LogP contribution in [0.3, 0.4) is 0 Å². The van der Waals surface area contributed by atoms with Crippen LogP contribution >= 0.6 is 58.0 Å². The fraction of sp³-hybridized carbons (Fsp3) is 0.160. The second-order valence-electron chi connectivity index (χ2n) is 8.53. The highest BCUT2D eigenvalue weighted by molar-refractivity contribution is 6.53. The first-order chi connectivity index (χ1) is 17.0. The van der Waals surface area contributed by atoms with E-state index in [1.165, 1.54) is 12.1 Å². The van der Waals surface area contributed by atoms with Gasteiger partial charge in [0.15, 0.2) is 0 Å². The first kappa shape index (κ1) is 25.2. The van der Waals surface area contributed by atoms with E-state index in [0.29, 0.717) is 27.0 Å². The summed E-state index contributed by atoms with van der Waals surface area (Å²) in [6.45, 7) is 0. The number of benzene rings is 2. The van der Waals surface area contributed by atoms with E-state index in [9.17, 15) is 9.59 Å². The van der Waals surface area contributed by atoms with Gasteiger partial charge in [-0.3, -0.25) is 9.59 Å². The number of aromatic nitrogens is 2. The molecule has 11 heteroatoms. The Labute approximate surface area is 231 Å². The van der Waals surface area contributed by atoms with Crippen LogP contribution in [0.25, 0.3) is 11.0 Å². The number of carbonyl (C=O) groups excluding carboxylic acids is 2. The lowest BCUT2D eigenvalue weighted by Crippen LogP contribution is -2.18. The van der Waals surface area contributed by atoms with Crippen molar-refractivity contribution in [2.24, 2.45) is 13.0 Å². The molecule has 184 valence electrons. The summed E-state index contributed by atoms with van der Waals surface area (Å²) in [7, 11) is 1.89. The second-order valence-corrected chi connectivity index (χ2v) is 11.3. The average molecular weight is 583 g/mol. The van der Waals surface area contributed by atoms with Crippen molar-refractivity contribution in [1.82, 2.24) is 9.55 Å². The summed E-state index contributed by atoms with van der Waals surface area (Å²) in [5.41, 5.74) is 2.52. The summed E-state index contributed by atoms with van der Waals surface area (Å²) >= 11 is 31.4. The summed E-state index contributed by atoms with van der Waals surface area (Å²) < 4.78 is 0.555. The molecule has 0 aliphatic heterocycles. The van der Waals surface area contributed by atoms with Gasteiger partial charge >= 0.3 is 0 Å². The minimum absolute atomic E-state index is 0.180. The molecule has 1 aliphatic rings. The van der Waals surface area contributed by atoms with Gasteiger partial charge in [0.1, 0.15) is 9.98 Å². The molecule has 2 N–H and O–H groups in total. The van der Waals surface area contributed by atoms with Gasteiger partial charge in [-0.05, 0) is 54.1 Å². The zero-order valence-electron chi connectivity index (χ0n) is 18.5. The second kappa shape index (κ2) is 9.43. The van der Waals surface area contributed by atoms with E-state index in [-0.39, 0.29) is 10.6 Å². The molecule has 2 amide bonds. The molecule has 0 bridgehead atoms. The predicted molar refractivity (Wildman–Crippen MR) is 146 cm³/mol. The molecule has 6 nitrogen and oxygen atoms in total. The van der Waals surface area contributed by atoms with Crippen molar-refractivity contribution in [3.8, 4) is 0 Å². The Morgan fingerprint density at radius 3 is 2.39 bits per heavy atom. The number of carbonyl (C=O) groups is 2. The Kier molecular flexibility index (Phi) is 6.60. The Morgan fingerprint density at radius 2 is 1.67 bits per heavy atom. The molecular weight excluding hydrogens is 566 g/mol. The van der Waals surface area contributed by atoms with Gasteiger partial charge in [0.05, 0.1) is 28.4 Å². The highest BCUT2D eigenvalue weighted by Crippen LogP contribution is 2.65. The maximum Gasteiger partial charge on any atom is 0.257 e. The summed E-state index contributed by atoms with van der Waals surface area (Å²) in [4.78, 5) is 30.4. The Morgan fingerprint density at radius 1 is 0.944 bits per heavy atom. The van der Waals surface area contributed by atoms with Crippen molar-refractivity contribution in [2.45, 2.75) is 10.3 Å². The predicted octanol–water partition coefficient (Wildman–Crippen LogP) is 7.31. The molecule has 0 saturated heterocycles. The monoisotopic (exact) mass is 580 g/mol. The minimum atomic E-state index is -1.33. The maximum absolute atomic E-state index is 13.0. The normalized spacial score (nSPS) is 18.2. The number of amides is 2. The van der Waals surface area contributed by atoms with Gasteiger partial charge in [-0.2, -0.15) is 0 Å². The van der Waals surface area contributed by atoms with Gasteiger partial charge in [-0.15, -0.1) is 23.2 Å². The van der Waals surface area contributed by atoms with Crippen LogP contribution in [0.4, 0.5) is 11.4 Å². The van der Waals surface area contributed by atoms with Crippen molar-refractivity contribution in [1.29, 1.82) is 0 Å². The summed E-state index contributed by atoms with van der Waals surface area (Å²) in [5, 5.41) is 7.51. The molecule has 1 saturated carbocycles. The number of rotatable bonds is 5. The minimum Gasteiger partial charge on any atom is -0.336 e. The van der Waals surface area contributed by atoms with E-state index in [0.717, 1.165) is 11.0 Å². The number of anilines is 2. The van der Waals surface area contributed by atoms with Crippen molar-refractivity contribution in [2.75, 3.05) is 10.6 Å². The van der Waals surface area contributed by atoms with E-state index in [4.69, 9.17) is 58.0 Å². The van der Waals surface area contributed by atoms with Crippen LogP contribution in [0.2, 0.25) is 15.1 Å². The number of nitrogens with zero attached hydrogens (tertiary/aromatic N) is 2. The number of aryl methyl sites for hydroxylation is 1. The fourth-order valence-corrected chi connectivity index (χ4v) is 5.82. The highest BCUT2D eigenvalue weighted by Gasteiger charge is 2.67. The molecule has 2 atom stereocenters. The van der Waals surface area contributed by atoms with Crippen LogP contribution < -0.4 is 10.6 Å². The van der Waals surface area contributed by atoms with E-state index < -0.39 is 28.0 Å². The quantitative estimate of drug-likeness (QED) is 0.242. The van der Waals surface area contributed by atoms with Crippen molar-refractivity contribution < 1.29 is 9.59 Å². The van der Waals surface area contributed by atoms with Crippen LogP contribution in [0.1, 0.15) is 21.8 Å². The number of hydrogen-bond acceptors (Lipinski definition) is 3. The molecule has 2 heterocycles. The van der Waals surface area contributed by atoms with Crippen molar-refractivity contribution in [3.63, 3.8) is 0 Å². The van der Waals surface area contributed by atoms with Crippen LogP contribution in [0.15, 0.2) is 60.9 Å². The lowest BCUT2D eigenvalue weighted by atomic mass is 10.1. The summed E-state index contributed by atoms with van der Waals surface area (Å²) in [5.74, 6) is -2.09. The lowest BCUT2D eigenvalue weighted by molar-refractivity contribution is -0.117. The lowest BCUT2D eigenvalue weighted by Gasteiger charge is -2.10. The molecule has 1 fully saturated rings. The van der Waals surface area contributed by atoms with E-state index in [1.807, 2.05) is 29.9 Å². The van der Waals surface area contributed by atoms with Crippen LogP contribution in [-0.4, -0.2) is 25.7 Å². The van der Waals surface area contributed by atoms with Crippen molar-refractivity contribution >= 4 is 92.2 Å². The Hall–Kier alpha value is -2.48. The molecule has 4 aromatic rings. The molecule has 0 radical (unpaired) electrons. The van der Waals surface area contributed by atoms with Crippen LogP contribution in [0, 0.1) is 5.92 Å². The first-order valence-corrected chi connectivity index (χ1v) is 12.6. The molecule has 2 aromatic carbocycles. The Bertz CT molecular complexity index is 1510. The van der Waals surface area contributed by atoms with E-state index >= 15 is 0 Å². The van der Waals surface area contributed by atoms with Crippen LogP contribution in [0.5, 0.6) is 0 Å². The SMILES string of the molecule is Cn1ccc2cc(NC(=O)c3cc(NC(=O)C4C(c5cc(Cl)cc(Cl)c5)C4(Cl)Cl)ccc3Cl)cnc21. The molecule has 0 spiro atoms. The highest BCUT2D eigenvalue weighted by atomic mass is 35.5. The van der Waals surface area contributed by atoms with Gasteiger partial charge in [0, 0.05) is 40.3 Å². The third-order valence-electron chi connectivity index (χ3n) is 6.02. The molecule has 36 heavy (non-hydrogen) atoms. The van der Waals surface area contributed by atoms with Gasteiger partial charge in [-0.1, -0.05) is 34.8 Å². The number of alkyl halides is 2. The van der Waals surface area contributed by atoms with E-state index in [1.54, 1.807) is 30.5 Å². The van der Waals surface area contributed by atoms with Gasteiger partial charge in [-0.25, -0.2) is 4.98 Å². The molecule has 5 rings (SSSR count). The third-order valence-corrected chi connectivity index (χ3v) is 7.73. The average Bonchev–Trinajstić information content (AvgIpc) is 3.21. The number of nitrogens with one attached hydrogen (secondary N) is 2. The number of hydrogen-bond donors (Lipinski definition) is 2. The summed E-state index contributed by atoms with van der Waals surface area (Å²) in [6, 6.07) is 13.3. The largest absolute Gasteiger partial charge is 0.336 e. The molecule has 2 unspecified atom stereocenters. The van der Waals surface area contributed by atoms with Crippen LogP contribution in [-0.2, 0) is 11.8 Å². The molecule has 2 aromatic heterocycles. The van der Waals surface area contributed by atoms with Gasteiger partial charge in [0.2, 0.25) is 5.91 Å². The Balaban J connectivity index is 1.33. The van der Waals surface area contributed by atoms with Gasteiger partial charge < -0.3 is 15.2 Å². The van der Waals surface area contributed by atoms with E-state index in [2.05, 4.69) is 15.6 Å². The topological polar surface area (TPSA) is 76.0 Å². The number of fused-ring (bicyclic) bond motifs is 1. The third kappa shape index (κ3) is 4.76. The summed E-state index contributed by atoms with van der Waals surface area (Å²) in [6.07, 6.45) is 3.45. The smallest absolute Gasteiger partial charge is 0.257 e. The van der Waals surface area contributed by atoms with Crippen molar-refractivity contribution in [3.05, 3.63) is 87.1 Å². The zero-order chi connectivity index (χ0) is 25.8. The molecule has 1 aliphatic carbocycles.